The highest BCUT2D eigenvalue weighted by atomic mass is 16.4. The van der Waals surface area contributed by atoms with Crippen LogP contribution in [0.25, 0.3) is 0 Å². The molecule has 0 rings (SSSR count). The highest BCUT2D eigenvalue weighted by molar-refractivity contribution is 5.71. The van der Waals surface area contributed by atoms with Crippen LogP contribution in [0.4, 0.5) is 0 Å². The van der Waals surface area contributed by atoms with Crippen molar-refractivity contribution in [1.29, 1.82) is 0 Å². The predicted molar refractivity (Wildman–Crippen MR) is 37.4 cm³/mol. The molecule has 0 aliphatic carbocycles. The summed E-state index contributed by atoms with van der Waals surface area (Å²) < 4.78 is 0. The summed E-state index contributed by atoms with van der Waals surface area (Å²) in [5, 5.41) is 15.8. The second-order valence-electron chi connectivity index (χ2n) is 1.01. The molecule has 0 amide bonds. The third kappa shape index (κ3) is 46.2. The van der Waals surface area contributed by atoms with Crippen LogP contribution in [0, 0.1) is 0 Å². The number of hydrogen-bond acceptors (Lipinski definition) is 2. The predicted octanol–water partition coefficient (Wildman–Crippen LogP) is -4.67. The van der Waals surface area contributed by atoms with Crippen LogP contribution in [-0.2, 0) is 4.79 Å². The molecule has 0 aliphatic rings. The molecule has 0 aromatic rings. The highest BCUT2D eigenvalue weighted by Gasteiger charge is 2.01. The summed E-state index contributed by atoms with van der Waals surface area (Å²) >= 11 is 0. The lowest BCUT2D eigenvalue weighted by Crippen LogP contribution is -2.13. The zero-order valence-corrected chi connectivity index (χ0v) is 5.88. The Kier molecular flexibility index (Phi) is 101. The molecule has 0 saturated heterocycles. The van der Waals surface area contributed by atoms with E-state index in [1.807, 2.05) is 0 Å². The molecule has 0 aliphatic heterocycles. The second-order valence-corrected chi connectivity index (χ2v) is 1.01. The van der Waals surface area contributed by atoms with E-state index in [-0.39, 0.29) is 27.4 Å². The van der Waals surface area contributed by atoms with Gasteiger partial charge in [-0.1, -0.05) is 0 Å². The van der Waals surface area contributed by atoms with Crippen molar-refractivity contribution in [3.63, 3.8) is 0 Å². The maximum Gasteiger partial charge on any atom is 0.332 e. The minimum Gasteiger partial charge on any atom is -0.479 e. The van der Waals surface area contributed by atoms with E-state index in [0.29, 0.717) is 0 Å². The first kappa shape index (κ1) is 48.7. The monoisotopic (exact) mass is 180 g/mol. The number of carbonyl (C=O) groups is 1. The van der Waals surface area contributed by atoms with Gasteiger partial charge in [0.15, 0.2) is 0 Å². The molecule has 12 N–H and O–H groups in total. The van der Waals surface area contributed by atoms with Crippen molar-refractivity contribution in [2.45, 2.75) is 13.0 Å². The molecule has 0 bridgehead atoms. The maximum atomic E-state index is 9.45. The molecule has 76 valence electrons. The average molecular weight is 180 g/mol. The molecular weight excluding hydrogens is 164 g/mol. The van der Waals surface area contributed by atoms with Crippen LogP contribution < -0.4 is 0 Å². The van der Waals surface area contributed by atoms with Crippen LogP contribution in [0.5, 0.6) is 0 Å². The number of aliphatic hydroxyl groups excluding tert-OH is 1. The number of aliphatic hydroxyl groups is 1. The first-order chi connectivity index (χ1) is 2.64. The molecule has 0 saturated carbocycles. The van der Waals surface area contributed by atoms with E-state index in [4.69, 9.17) is 10.2 Å². The summed E-state index contributed by atoms with van der Waals surface area (Å²) in [5.74, 6) is -1.19. The molecule has 0 aromatic carbocycles. The highest BCUT2D eigenvalue weighted by Crippen LogP contribution is 1.73. The Bertz CT molecular complexity index is 60.4. The van der Waals surface area contributed by atoms with Crippen LogP contribution in [0.15, 0.2) is 0 Å². The van der Waals surface area contributed by atoms with Crippen LogP contribution in [0.2, 0.25) is 0 Å². The number of carboxylic acid groups (broad SMARTS) is 1. The zero-order chi connectivity index (χ0) is 5.15. The third-order valence-electron chi connectivity index (χ3n) is 0.357. The van der Waals surface area contributed by atoms with E-state index in [9.17, 15) is 4.79 Å². The van der Waals surface area contributed by atoms with E-state index in [0.717, 1.165) is 0 Å². The smallest absolute Gasteiger partial charge is 0.332 e. The van der Waals surface area contributed by atoms with Crippen molar-refractivity contribution in [3.05, 3.63) is 0 Å². The summed E-state index contributed by atoms with van der Waals surface area (Å²) in [6, 6.07) is 0. The van der Waals surface area contributed by atoms with Crippen molar-refractivity contribution >= 4 is 5.97 Å². The molecule has 8 nitrogen and oxygen atoms in total. The normalized spacial score (nSPS) is 7.45. The first-order valence-electron chi connectivity index (χ1n) is 1.55. The van der Waals surface area contributed by atoms with Gasteiger partial charge < -0.3 is 37.6 Å². The standard InChI is InChI=1S/C3H6O3.5H2O/c1-2(4)3(5)6;;;;;/h2,4H,1H3,(H,5,6);5*1H2/t2-;;;;;/m0...../s1. The quantitative estimate of drug-likeness (QED) is 0.406. The van der Waals surface area contributed by atoms with Gasteiger partial charge >= 0.3 is 5.97 Å². The lowest BCUT2D eigenvalue weighted by Gasteiger charge is -1.89. The van der Waals surface area contributed by atoms with Crippen LogP contribution in [0.1, 0.15) is 6.92 Å². The van der Waals surface area contributed by atoms with Crippen molar-refractivity contribution < 1.29 is 42.4 Å². The second kappa shape index (κ2) is 22.9. The molecule has 0 fully saturated rings. The van der Waals surface area contributed by atoms with Gasteiger partial charge in [-0.2, -0.15) is 0 Å². The molecule has 1 atom stereocenters. The van der Waals surface area contributed by atoms with Gasteiger partial charge in [-0.3, -0.25) is 0 Å². The fourth-order valence-electron chi connectivity index (χ4n) is 0. The van der Waals surface area contributed by atoms with E-state index >= 15 is 0 Å². The minimum absolute atomic E-state index is 0. The molecule has 0 aromatic heterocycles. The number of carboxylic acids is 1. The topological polar surface area (TPSA) is 215 Å². The first-order valence-corrected chi connectivity index (χ1v) is 1.55. The zero-order valence-electron chi connectivity index (χ0n) is 5.88. The van der Waals surface area contributed by atoms with E-state index in [1.54, 1.807) is 0 Å². The third-order valence-corrected chi connectivity index (χ3v) is 0.357. The number of rotatable bonds is 1. The Morgan fingerprint density at radius 3 is 1.18 bits per heavy atom. The van der Waals surface area contributed by atoms with Crippen LogP contribution in [0.3, 0.4) is 0 Å². The molecular formula is C3H16O8. The fraction of sp³-hybridized carbons (Fsp3) is 0.667. The number of hydrogen-bond donors (Lipinski definition) is 2. The summed E-state index contributed by atoms with van der Waals surface area (Å²) in [6.45, 7) is 1.20. The Morgan fingerprint density at radius 1 is 1.09 bits per heavy atom. The van der Waals surface area contributed by atoms with Gasteiger partial charge in [0.1, 0.15) is 6.10 Å². The van der Waals surface area contributed by atoms with Crippen molar-refractivity contribution in [2.75, 3.05) is 0 Å². The molecule has 0 radical (unpaired) electrons. The SMILES string of the molecule is C[C@H](O)C(=O)O.O.O.O.O.O. The lowest BCUT2D eigenvalue weighted by atomic mass is 10.4. The molecule has 0 spiro atoms. The van der Waals surface area contributed by atoms with Crippen molar-refractivity contribution in [1.82, 2.24) is 0 Å². The molecule has 0 unspecified atom stereocenters. The molecule has 8 heteroatoms. The van der Waals surface area contributed by atoms with Gasteiger partial charge in [0.25, 0.3) is 0 Å². The van der Waals surface area contributed by atoms with E-state index < -0.39 is 12.1 Å². The van der Waals surface area contributed by atoms with Gasteiger partial charge in [0.05, 0.1) is 0 Å². The van der Waals surface area contributed by atoms with Gasteiger partial charge in [-0.05, 0) is 6.92 Å². The molecule has 11 heavy (non-hydrogen) atoms. The minimum atomic E-state index is -1.23. The van der Waals surface area contributed by atoms with Gasteiger partial charge in [0, 0.05) is 0 Å². The Hall–Kier alpha value is -0.770. The van der Waals surface area contributed by atoms with Crippen LogP contribution in [-0.4, -0.2) is 49.7 Å². The summed E-state index contributed by atoms with van der Waals surface area (Å²) in [5.41, 5.74) is 0. The van der Waals surface area contributed by atoms with E-state index in [1.165, 1.54) is 6.92 Å². The fourth-order valence-corrected chi connectivity index (χ4v) is 0. The largest absolute Gasteiger partial charge is 0.479 e. The average Bonchev–Trinajstić information content (AvgIpc) is 1.36. The molecule has 0 heterocycles. The van der Waals surface area contributed by atoms with Gasteiger partial charge in [0.2, 0.25) is 0 Å². The summed E-state index contributed by atoms with van der Waals surface area (Å²) in [4.78, 5) is 9.45. The maximum absolute atomic E-state index is 9.45. The van der Waals surface area contributed by atoms with Crippen molar-refractivity contribution in [3.8, 4) is 0 Å². The Morgan fingerprint density at radius 2 is 1.18 bits per heavy atom. The Balaban J connectivity index is -0.0000000125. The van der Waals surface area contributed by atoms with E-state index in [2.05, 4.69) is 0 Å². The number of aliphatic carboxylic acids is 1. The van der Waals surface area contributed by atoms with Crippen molar-refractivity contribution in [2.24, 2.45) is 0 Å². The van der Waals surface area contributed by atoms with Gasteiger partial charge in [-0.15, -0.1) is 0 Å². The van der Waals surface area contributed by atoms with Gasteiger partial charge in [-0.25, -0.2) is 4.79 Å². The van der Waals surface area contributed by atoms with Crippen LogP contribution >= 0.6 is 0 Å². The summed E-state index contributed by atoms with van der Waals surface area (Å²) in [7, 11) is 0. The Labute approximate surface area is 62.6 Å². The summed E-state index contributed by atoms with van der Waals surface area (Å²) in [6.07, 6.45) is -1.23. The lowest BCUT2D eigenvalue weighted by molar-refractivity contribution is -0.145.